The van der Waals surface area contributed by atoms with Gasteiger partial charge in [0, 0.05) is 31.3 Å². The summed E-state index contributed by atoms with van der Waals surface area (Å²) in [5, 5.41) is 4.03. The number of nitrogens with zero attached hydrogens (tertiary/aromatic N) is 2. The van der Waals surface area contributed by atoms with E-state index in [0.29, 0.717) is 0 Å². The molecule has 3 nitrogen and oxygen atoms in total. The van der Waals surface area contributed by atoms with E-state index in [-0.39, 0.29) is 6.04 Å². The molecule has 0 aromatic carbocycles. The summed E-state index contributed by atoms with van der Waals surface area (Å²) in [5.74, 6) is 2.57. The number of rotatable bonds is 3. The minimum atomic E-state index is 0.0229. The van der Waals surface area contributed by atoms with Crippen LogP contribution in [0.1, 0.15) is 24.4 Å². The topological polar surface area (TPSA) is 43.8 Å². The Balaban J connectivity index is 2.54. The predicted molar refractivity (Wildman–Crippen MR) is 48.2 cm³/mol. The quantitative estimate of drug-likeness (QED) is 0.671. The summed E-state index contributed by atoms with van der Waals surface area (Å²) in [6.45, 7) is 0. The van der Waals surface area contributed by atoms with E-state index >= 15 is 0 Å². The lowest BCUT2D eigenvalue weighted by atomic mass is 10.1. The van der Waals surface area contributed by atoms with Crippen LogP contribution in [0.4, 0.5) is 0 Å². The minimum Gasteiger partial charge on any atom is -0.324 e. The molecule has 0 fully saturated rings. The highest BCUT2D eigenvalue weighted by Gasteiger charge is 2.05. The van der Waals surface area contributed by atoms with Crippen LogP contribution in [0.15, 0.2) is 12.4 Å². The highest BCUT2D eigenvalue weighted by Crippen LogP contribution is 2.13. The lowest BCUT2D eigenvalue weighted by molar-refractivity contribution is 0.666. The summed E-state index contributed by atoms with van der Waals surface area (Å²) in [4.78, 5) is 0. The first-order valence-corrected chi connectivity index (χ1v) is 3.91. The third-order valence-electron chi connectivity index (χ3n) is 1.75. The van der Waals surface area contributed by atoms with Crippen molar-refractivity contribution in [3.63, 3.8) is 0 Å². The van der Waals surface area contributed by atoms with Gasteiger partial charge < -0.3 is 5.73 Å². The van der Waals surface area contributed by atoms with Crippen LogP contribution in [0.2, 0.25) is 0 Å². The molecule has 1 rings (SSSR count). The number of nitrogens with two attached hydrogens (primary N) is 1. The largest absolute Gasteiger partial charge is 0.324 e. The highest BCUT2D eigenvalue weighted by atomic mass is 15.2. The summed E-state index contributed by atoms with van der Waals surface area (Å²) in [6, 6.07) is 0.0229. The van der Waals surface area contributed by atoms with Gasteiger partial charge in [0.1, 0.15) is 0 Å². The Bertz CT molecular complexity index is 282. The van der Waals surface area contributed by atoms with Crippen LogP contribution in [0, 0.1) is 12.3 Å². The summed E-state index contributed by atoms with van der Waals surface area (Å²) in [5.41, 5.74) is 6.89. The number of aryl methyl sites for hydroxylation is 1. The van der Waals surface area contributed by atoms with E-state index in [4.69, 9.17) is 12.2 Å². The van der Waals surface area contributed by atoms with E-state index in [0.717, 1.165) is 18.4 Å². The van der Waals surface area contributed by atoms with Crippen LogP contribution in [0.25, 0.3) is 0 Å². The Kier molecular flexibility index (Phi) is 2.89. The second-order valence-corrected chi connectivity index (χ2v) is 2.80. The minimum absolute atomic E-state index is 0.0229. The van der Waals surface area contributed by atoms with E-state index in [9.17, 15) is 0 Å². The molecule has 0 saturated heterocycles. The van der Waals surface area contributed by atoms with Crippen LogP contribution in [-0.4, -0.2) is 9.78 Å². The average molecular weight is 163 g/mol. The van der Waals surface area contributed by atoms with Gasteiger partial charge in [0.2, 0.25) is 0 Å². The normalized spacial score (nSPS) is 12.4. The van der Waals surface area contributed by atoms with E-state index in [1.54, 1.807) is 10.9 Å². The Morgan fingerprint density at radius 2 is 2.58 bits per heavy atom. The molecule has 0 bridgehead atoms. The summed E-state index contributed by atoms with van der Waals surface area (Å²) in [7, 11) is 1.87. The zero-order valence-electron chi connectivity index (χ0n) is 7.20. The molecule has 3 heteroatoms. The number of terminal acetylenes is 1. The van der Waals surface area contributed by atoms with Gasteiger partial charge in [-0.15, -0.1) is 12.3 Å². The zero-order chi connectivity index (χ0) is 8.97. The van der Waals surface area contributed by atoms with Crippen molar-refractivity contribution in [2.24, 2.45) is 12.8 Å². The van der Waals surface area contributed by atoms with Crippen LogP contribution >= 0.6 is 0 Å². The average Bonchev–Trinajstić information content (AvgIpc) is 2.47. The highest BCUT2D eigenvalue weighted by molar-refractivity contribution is 5.09. The molecule has 0 radical (unpaired) electrons. The Morgan fingerprint density at radius 3 is 3.08 bits per heavy atom. The molecule has 1 aromatic heterocycles. The van der Waals surface area contributed by atoms with Crippen molar-refractivity contribution in [1.82, 2.24) is 9.78 Å². The first-order chi connectivity index (χ1) is 5.74. The molecule has 0 spiro atoms. The molecule has 0 saturated carbocycles. The Hall–Kier alpha value is -1.27. The van der Waals surface area contributed by atoms with Gasteiger partial charge in [-0.2, -0.15) is 5.10 Å². The van der Waals surface area contributed by atoms with Crippen molar-refractivity contribution in [1.29, 1.82) is 0 Å². The Morgan fingerprint density at radius 1 is 1.83 bits per heavy atom. The molecule has 0 aliphatic heterocycles. The van der Waals surface area contributed by atoms with Gasteiger partial charge in [-0.05, 0) is 6.42 Å². The lowest BCUT2D eigenvalue weighted by Crippen LogP contribution is -2.08. The maximum absolute atomic E-state index is 5.85. The molecule has 64 valence electrons. The molecule has 12 heavy (non-hydrogen) atoms. The fourth-order valence-corrected chi connectivity index (χ4v) is 1.04. The molecule has 2 N–H and O–H groups in total. The smallest absolute Gasteiger partial charge is 0.0537 e. The first kappa shape index (κ1) is 8.82. The lowest BCUT2D eigenvalue weighted by Gasteiger charge is -2.05. The molecular weight excluding hydrogens is 150 g/mol. The molecule has 1 heterocycles. The van der Waals surface area contributed by atoms with Gasteiger partial charge >= 0.3 is 0 Å². The maximum Gasteiger partial charge on any atom is 0.0537 e. The summed E-state index contributed by atoms with van der Waals surface area (Å²) in [6.07, 6.45) is 10.4. The zero-order valence-corrected chi connectivity index (χ0v) is 7.20. The molecule has 1 atom stereocenters. The third kappa shape index (κ3) is 2.11. The second kappa shape index (κ2) is 3.93. The van der Waals surface area contributed by atoms with Crippen LogP contribution in [0.3, 0.4) is 0 Å². The van der Waals surface area contributed by atoms with Crippen molar-refractivity contribution in [3.8, 4) is 12.3 Å². The number of hydrogen-bond donors (Lipinski definition) is 1. The van der Waals surface area contributed by atoms with Gasteiger partial charge in [-0.1, -0.05) is 0 Å². The number of aromatic nitrogens is 2. The molecular formula is C9H13N3. The molecule has 0 aliphatic rings. The fourth-order valence-electron chi connectivity index (χ4n) is 1.04. The van der Waals surface area contributed by atoms with E-state index in [2.05, 4.69) is 11.0 Å². The van der Waals surface area contributed by atoms with Gasteiger partial charge in [-0.3, -0.25) is 4.68 Å². The second-order valence-electron chi connectivity index (χ2n) is 2.80. The number of hydrogen-bond acceptors (Lipinski definition) is 2. The monoisotopic (exact) mass is 163 g/mol. The van der Waals surface area contributed by atoms with Gasteiger partial charge in [0.05, 0.1) is 6.20 Å². The predicted octanol–water partition coefficient (Wildman–Crippen LogP) is 0.833. The van der Waals surface area contributed by atoms with Gasteiger partial charge in [0.25, 0.3) is 0 Å². The van der Waals surface area contributed by atoms with Crippen LogP contribution < -0.4 is 5.73 Å². The molecule has 0 amide bonds. The van der Waals surface area contributed by atoms with Crippen LogP contribution in [-0.2, 0) is 7.05 Å². The van der Waals surface area contributed by atoms with Crippen LogP contribution in [0.5, 0.6) is 0 Å². The summed E-state index contributed by atoms with van der Waals surface area (Å²) < 4.78 is 1.74. The molecule has 1 aromatic rings. The summed E-state index contributed by atoms with van der Waals surface area (Å²) >= 11 is 0. The molecule has 0 aliphatic carbocycles. The van der Waals surface area contributed by atoms with Gasteiger partial charge in [-0.25, -0.2) is 0 Å². The van der Waals surface area contributed by atoms with Crippen molar-refractivity contribution in [2.45, 2.75) is 18.9 Å². The first-order valence-electron chi connectivity index (χ1n) is 3.91. The Labute approximate surface area is 72.6 Å². The van der Waals surface area contributed by atoms with E-state index < -0.39 is 0 Å². The molecule has 1 unspecified atom stereocenters. The van der Waals surface area contributed by atoms with Crippen molar-refractivity contribution in [3.05, 3.63) is 18.0 Å². The van der Waals surface area contributed by atoms with Gasteiger partial charge in [0.15, 0.2) is 0 Å². The van der Waals surface area contributed by atoms with E-state index in [1.165, 1.54) is 0 Å². The van der Waals surface area contributed by atoms with E-state index in [1.807, 2.05) is 13.2 Å². The van der Waals surface area contributed by atoms with Crippen molar-refractivity contribution < 1.29 is 0 Å². The van der Waals surface area contributed by atoms with Crippen molar-refractivity contribution >= 4 is 0 Å². The fraction of sp³-hybridized carbons (Fsp3) is 0.444. The SMILES string of the molecule is C#CCCC(N)c1cnn(C)c1. The van der Waals surface area contributed by atoms with Crippen molar-refractivity contribution in [2.75, 3.05) is 0 Å². The standard InChI is InChI=1S/C9H13N3/c1-3-4-5-9(10)8-6-11-12(2)7-8/h1,6-7,9H,4-5,10H2,2H3. The third-order valence-corrected chi connectivity index (χ3v) is 1.75. The maximum atomic E-state index is 5.85.